The highest BCUT2D eigenvalue weighted by molar-refractivity contribution is 5.52. The molecule has 0 amide bonds. The van der Waals surface area contributed by atoms with E-state index in [2.05, 4.69) is 22.1 Å². The van der Waals surface area contributed by atoms with Gasteiger partial charge in [-0.3, -0.25) is 0 Å². The van der Waals surface area contributed by atoms with Crippen molar-refractivity contribution in [3.8, 4) is 0 Å². The molecular weight excluding hydrogens is 216 g/mol. The molecule has 0 aliphatic carbocycles. The number of anilines is 1. The van der Waals surface area contributed by atoms with Gasteiger partial charge in [0, 0.05) is 32.0 Å². The molecule has 3 heterocycles. The molecule has 0 unspecified atom stereocenters. The first-order valence-corrected chi connectivity index (χ1v) is 5.87. The first-order valence-electron chi connectivity index (χ1n) is 5.87. The third-order valence-electron chi connectivity index (χ3n) is 3.07. The standard InChI is InChI=1S/C12H16N4O/c13-7-10-8-16-9-11(1-2-12(16)14-10)15-3-5-17-6-4-15/h1-2,8-9H,3-7,13H2. The quantitative estimate of drug-likeness (QED) is 0.825. The molecule has 17 heavy (non-hydrogen) atoms. The topological polar surface area (TPSA) is 55.8 Å². The zero-order valence-electron chi connectivity index (χ0n) is 9.67. The van der Waals surface area contributed by atoms with Crippen LogP contribution in [-0.2, 0) is 11.3 Å². The first kappa shape index (κ1) is 10.6. The molecule has 0 spiro atoms. The minimum atomic E-state index is 0.481. The summed E-state index contributed by atoms with van der Waals surface area (Å²) in [5.74, 6) is 0. The molecule has 0 saturated carbocycles. The van der Waals surface area contributed by atoms with Crippen molar-refractivity contribution in [2.24, 2.45) is 5.73 Å². The number of hydrogen-bond donors (Lipinski definition) is 1. The predicted molar refractivity (Wildman–Crippen MR) is 66.1 cm³/mol. The summed E-state index contributed by atoms with van der Waals surface area (Å²) in [7, 11) is 0. The van der Waals surface area contributed by atoms with E-state index >= 15 is 0 Å². The van der Waals surface area contributed by atoms with Crippen LogP contribution in [-0.4, -0.2) is 35.7 Å². The molecule has 2 N–H and O–H groups in total. The van der Waals surface area contributed by atoms with Gasteiger partial charge in [-0.1, -0.05) is 0 Å². The Morgan fingerprint density at radius 3 is 2.82 bits per heavy atom. The van der Waals surface area contributed by atoms with Gasteiger partial charge in [0.15, 0.2) is 0 Å². The molecule has 0 bridgehead atoms. The third kappa shape index (κ3) is 1.99. The van der Waals surface area contributed by atoms with E-state index in [1.165, 1.54) is 5.69 Å². The third-order valence-corrected chi connectivity index (χ3v) is 3.07. The Kier molecular flexibility index (Phi) is 2.70. The van der Waals surface area contributed by atoms with Crippen LogP contribution in [0.25, 0.3) is 5.65 Å². The van der Waals surface area contributed by atoms with E-state index in [1.807, 2.05) is 16.7 Å². The fourth-order valence-electron chi connectivity index (χ4n) is 2.14. The average molecular weight is 232 g/mol. The molecule has 0 atom stereocenters. The Morgan fingerprint density at radius 1 is 1.24 bits per heavy atom. The lowest BCUT2D eigenvalue weighted by molar-refractivity contribution is 0.122. The predicted octanol–water partition coefficient (Wildman–Crippen LogP) is 0.630. The van der Waals surface area contributed by atoms with Crippen LogP contribution < -0.4 is 10.6 Å². The van der Waals surface area contributed by atoms with E-state index in [1.54, 1.807) is 0 Å². The minimum Gasteiger partial charge on any atom is -0.378 e. The molecule has 1 aliphatic rings. The van der Waals surface area contributed by atoms with E-state index in [0.717, 1.165) is 37.6 Å². The van der Waals surface area contributed by atoms with Gasteiger partial charge in [-0.2, -0.15) is 0 Å². The van der Waals surface area contributed by atoms with Gasteiger partial charge in [0.25, 0.3) is 0 Å². The number of aromatic nitrogens is 2. The second kappa shape index (κ2) is 4.35. The highest BCUT2D eigenvalue weighted by atomic mass is 16.5. The van der Waals surface area contributed by atoms with E-state index in [4.69, 9.17) is 10.5 Å². The summed E-state index contributed by atoms with van der Waals surface area (Å²) < 4.78 is 7.39. The maximum Gasteiger partial charge on any atom is 0.137 e. The van der Waals surface area contributed by atoms with Crippen LogP contribution in [0.5, 0.6) is 0 Å². The van der Waals surface area contributed by atoms with Crippen LogP contribution in [0.15, 0.2) is 24.5 Å². The Bertz CT molecular complexity index is 516. The normalized spacial score (nSPS) is 16.6. The number of pyridine rings is 1. The number of fused-ring (bicyclic) bond motifs is 1. The molecule has 5 nitrogen and oxygen atoms in total. The first-order chi connectivity index (χ1) is 8.36. The second-order valence-electron chi connectivity index (χ2n) is 4.19. The molecule has 1 aliphatic heterocycles. The molecule has 2 aromatic rings. The number of nitrogens with zero attached hydrogens (tertiary/aromatic N) is 3. The summed E-state index contributed by atoms with van der Waals surface area (Å²) in [5.41, 5.74) is 8.67. The summed E-state index contributed by atoms with van der Waals surface area (Å²) in [6.45, 7) is 3.98. The summed E-state index contributed by atoms with van der Waals surface area (Å²) >= 11 is 0. The lowest BCUT2D eigenvalue weighted by Crippen LogP contribution is -2.36. The highest BCUT2D eigenvalue weighted by Gasteiger charge is 2.11. The number of hydrogen-bond acceptors (Lipinski definition) is 4. The summed E-state index contributed by atoms with van der Waals surface area (Å²) in [6.07, 6.45) is 4.09. The van der Waals surface area contributed by atoms with Crippen LogP contribution >= 0.6 is 0 Å². The van der Waals surface area contributed by atoms with Gasteiger partial charge in [0.1, 0.15) is 5.65 Å². The number of ether oxygens (including phenoxy) is 1. The van der Waals surface area contributed by atoms with E-state index in [0.29, 0.717) is 6.54 Å². The zero-order chi connectivity index (χ0) is 11.7. The molecule has 90 valence electrons. The Balaban J connectivity index is 1.94. The molecule has 0 aromatic carbocycles. The van der Waals surface area contributed by atoms with Crippen molar-refractivity contribution < 1.29 is 4.74 Å². The average Bonchev–Trinajstić information content (AvgIpc) is 2.81. The number of imidazole rings is 1. The smallest absolute Gasteiger partial charge is 0.137 e. The number of morpholine rings is 1. The molecule has 0 radical (unpaired) electrons. The Labute approximate surface area is 99.8 Å². The van der Waals surface area contributed by atoms with Crippen molar-refractivity contribution in [1.82, 2.24) is 9.38 Å². The van der Waals surface area contributed by atoms with Gasteiger partial charge in [0.05, 0.1) is 24.6 Å². The maximum absolute atomic E-state index is 5.59. The molecule has 1 fully saturated rings. The minimum absolute atomic E-state index is 0.481. The van der Waals surface area contributed by atoms with E-state index in [-0.39, 0.29) is 0 Å². The van der Waals surface area contributed by atoms with Crippen molar-refractivity contribution in [1.29, 1.82) is 0 Å². The molecule has 5 heteroatoms. The van der Waals surface area contributed by atoms with Gasteiger partial charge >= 0.3 is 0 Å². The maximum atomic E-state index is 5.59. The van der Waals surface area contributed by atoms with Gasteiger partial charge in [-0.15, -0.1) is 0 Å². The van der Waals surface area contributed by atoms with Crippen LogP contribution in [0, 0.1) is 0 Å². The van der Waals surface area contributed by atoms with Gasteiger partial charge in [-0.25, -0.2) is 4.98 Å². The van der Waals surface area contributed by atoms with Crippen molar-refractivity contribution in [2.75, 3.05) is 31.2 Å². The fourth-order valence-corrected chi connectivity index (χ4v) is 2.14. The fraction of sp³-hybridized carbons (Fsp3) is 0.417. The van der Waals surface area contributed by atoms with Crippen molar-refractivity contribution in [3.05, 3.63) is 30.2 Å². The van der Waals surface area contributed by atoms with E-state index in [9.17, 15) is 0 Å². The van der Waals surface area contributed by atoms with Crippen molar-refractivity contribution in [2.45, 2.75) is 6.54 Å². The van der Waals surface area contributed by atoms with Crippen LogP contribution in [0.3, 0.4) is 0 Å². The summed E-state index contributed by atoms with van der Waals surface area (Å²) in [6, 6.07) is 4.14. The Hall–Kier alpha value is -1.59. The van der Waals surface area contributed by atoms with Crippen LogP contribution in [0.2, 0.25) is 0 Å². The largest absolute Gasteiger partial charge is 0.378 e. The lowest BCUT2D eigenvalue weighted by Gasteiger charge is -2.28. The summed E-state index contributed by atoms with van der Waals surface area (Å²) in [4.78, 5) is 6.74. The van der Waals surface area contributed by atoms with Crippen molar-refractivity contribution >= 4 is 11.3 Å². The molecule has 3 rings (SSSR count). The Morgan fingerprint density at radius 2 is 2.06 bits per heavy atom. The molecular formula is C12H16N4O. The monoisotopic (exact) mass is 232 g/mol. The summed E-state index contributed by atoms with van der Waals surface area (Å²) in [5, 5.41) is 0. The van der Waals surface area contributed by atoms with Gasteiger partial charge < -0.3 is 19.8 Å². The zero-order valence-corrected chi connectivity index (χ0v) is 9.67. The SMILES string of the molecule is NCc1cn2cc(N3CCOCC3)ccc2n1. The van der Waals surface area contributed by atoms with Gasteiger partial charge in [0.2, 0.25) is 0 Å². The van der Waals surface area contributed by atoms with E-state index < -0.39 is 0 Å². The number of nitrogens with two attached hydrogens (primary N) is 1. The van der Waals surface area contributed by atoms with Crippen LogP contribution in [0.1, 0.15) is 5.69 Å². The van der Waals surface area contributed by atoms with Crippen molar-refractivity contribution in [3.63, 3.8) is 0 Å². The number of rotatable bonds is 2. The second-order valence-corrected chi connectivity index (χ2v) is 4.19. The van der Waals surface area contributed by atoms with Gasteiger partial charge in [-0.05, 0) is 12.1 Å². The lowest BCUT2D eigenvalue weighted by atomic mass is 10.3. The molecule has 1 saturated heterocycles. The molecule has 2 aromatic heterocycles. The highest BCUT2D eigenvalue weighted by Crippen LogP contribution is 2.17. The van der Waals surface area contributed by atoms with Crippen LogP contribution in [0.4, 0.5) is 5.69 Å².